The minimum atomic E-state index is -1.24. The number of imide groups is 1. The number of carbonyl (C=O) groups is 4. The van der Waals surface area contributed by atoms with Crippen molar-refractivity contribution in [1.82, 2.24) is 15.1 Å². The topological polar surface area (TPSA) is 98.8 Å². The maximum atomic E-state index is 13.1. The summed E-state index contributed by atoms with van der Waals surface area (Å²) in [6, 6.07) is 13.5. The standard InChI is InChI=1S/C25H28N4O4/c1-17-10-12-18(13-11-17)25(2)23(32)29(24(33)27-25)16-21(30)26-20-9-5-4-8-19(20)22(31)28-14-6-3-7-15-28/h4-5,8-13H,3,6-7,14-16H2,1-2H3,(H,26,30)(H,27,33)/t25-/m1/s1. The van der Waals surface area contributed by atoms with Gasteiger partial charge in [0.25, 0.3) is 11.8 Å². The lowest BCUT2D eigenvalue weighted by Gasteiger charge is -2.27. The number of amides is 5. The van der Waals surface area contributed by atoms with Gasteiger partial charge in [-0.1, -0.05) is 42.0 Å². The predicted molar refractivity (Wildman–Crippen MR) is 124 cm³/mol. The Morgan fingerprint density at radius 1 is 1.00 bits per heavy atom. The van der Waals surface area contributed by atoms with Crippen LogP contribution in [-0.4, -0.2) is 53.2 Å². The number of nitrogens with zero attached hydrogens (tertiary/aromatic N) is 2. The van der Waals surface area contributed by atoms with E-state index < -0.39 is 29.9 Å². The van der Waals surface area contributed by atoms with Crippen LogP contribution < -0.4 is 10.6 Å². The van der Waals surface area contributed by atoms with E-state index in [4.69, 9.17) is 0 Å². The van der Waals surface area contributed by atoms with Gasteiger partial charge in [0.05, 0.1) is 11.3 Å². The van der Waals surface area contributed by atoms with Crippen molar-refractivity contribution >= 4 is 29.4 Å². The summed E-state index contributed by atoms with van der Waals surface area (Å²) in [6.45, 7) is 4.51. The fraction of sp³-hybridized carbons (Fsp3) is 0.360. The molecule has 2 saturated heterocycles. The third-order valence-corrected chi connectivity index (χ3v) is 6.28. The molecule has 0 spiro atoms. The van der Waals surface area contributed by atoms with Crippen LogP contribution in [0.3, 0.4) is 0 Å². The first-order valence-electron chi connectivity index (χ1n) is 11.2. The van der Waals surface area contributed by atoms with Gasteiger partial charge in [-0.25, -0.2) is 4.79 Å². The summed E-state index contributed by atoms with van der Waals surface area (Å²) in [5.74, 6) is -1.18. The number of piperidine rings is 1. The number of urea groups is 1. The number of para-hydroxylation sites is 1. The minimum Gasteiger partial charge on any atom is -0.339 e. The van der Waals surface area contributed by atoms with Crippen molar-refractivity contribution in [2.75, 3.05) is 25.0 Å². The smallest absolute Gasteiger partial charge is 0.325 e. The summed E-state index contributed by atoms with van der Waals surface area (Å²) >= 11 is 0. The number of carbonyl (C=O) groups excluding carboxylic acids is 4. The number of hydrogen-bond donors (Lipinski definition) is 2. The monoisotopic (exact) mass is 448 g/mol. The average Bonchev–Trinajstić information content (AvgIpc) is 3.03. The third-order valence-electron chi connectivity index (χ3n) is 6.28. The van der Waals surface area contributed by atoms with Crippen LogP contribution in [-0.2, 0) is 15.1 Å². The Labute approximate surface area is 192 Å². The summed E-state index contributed by atoms with van der Waals surface area (Å²) in [7, 11) is 0. The molecule has 172 valence electrons. The molecule has 0 saturated carbocycles. The second-order valence-electron chi connectivity index (χ2n) is 8.76. The molecule has 5 amide bonds. The van der Waals surface area contributed by atoms with Gasteiger partial charge in [0.2, 0.25) is 5.91 Å². The van der Waals surface area contributed by atoms with Gasteiger partial charge in [-0.3, -0.25) is 19.3 Å². The summed E-state index contributed by atoms with van der Waals surface area (Å²) in [5.41, 5.74) is 1.20. The first kappa shape index (κ1) is 22.5. The van der Waals surface area contributed by atoms with E-state index in [1.807, 2.05) is 19.1 Å². The molecule has 0 radical (unpaired) electrons. The summed E-state index contributed by atoms with van der Waals surface area (Å²) in [4.78, 5) is 54.1. The molecule has 8 nitrogen and oxygen atoms in total. The molecule has 0 aliphatic carbocycles. The van der Waals surface area contributed by atoms with Gasteiger partial charge in [-0.2, -0.15) is 0 Å². The SMILES string of the molecule is Cc1ccc([C@@]2(C)NC(=O)N(CC(=O)Nc3ccccc3C(=O)N3CCCCC3)C2=O)cc1. The summed E-state index contributed by atoms with van der Waals surface area (Å²) < 4.78 is 0. The number of benzene rings is 2. The molecule has 2 fully saturated rings. The quantitative estimate of drug-likeness (QED) is 0.687. The van der Waals surface area contributed by atoms with Crippen LogP contribution in [0.1, 0.15) is 47.7 Å². The van der Waals surface area contributed by atoms with Gasteiger partial charge in [0.1, 0.15) is 12.1 Å². The molecule has 2 aliphatic heterocycles. The molecule has 2 heterocycles. The predicted octanol–water partition coefficient (Wildman–Crippen LogP) is 3.03. The van der Waals surface area contributed by atoms with E-state index in [0.29, 0.717) is 29.9 Å². The van der Waals surface area contributed by atoms with E-state index in [9.17, 15) is 19.2 Å². The fourth-order valence-corrected chi connectivity index (χ4v) is 4.30. The van der Waals surface area contributed by atoms with Crippen molar-refractivity contribution in [2.45, 2.75) is 38.6 Å². The fourth-order valence-electron chi connectivity index (χ4n) is 4.30. The first-order valence-corrected chi connectivity index (χ1v) is 11.2. The van der Waals surface area contributed by atoms with Crippen LogP contribution in [0.5, 0.6) is 0 Å². The minimum absolute atomic E-state index is 0.132. The van der Waals surface area contributed by atoms with Crippen molar-refractivity contribution < 1.29 is 19.2 Å². The lowest BCUT2D eigenvalue weighted by Crippen LogP contribution is -2.42. The van der Waals surface area contributed by atoms with Crippen LogP contribution in [0.4, 0.5) is 10.5 Å². The van der Waals surface area contributed by atoms with Crippen LogP contribution in [0.15, 0.2) is 48.5 Å². The molecule has 2 aromatic rings. The van der Waals surface area contributed by atoms with Crippen LogP contribution in [0.25, 0.3) is 0 Å². The molecule has 1 atom stereocenters. The maximum absolute atomic E-state index is 13.1. The Balaban J connectivity index is 1.47. The Morgan fingerprint density at radius 2 is 1.67 bits per heavy atom. The van der Waals surface area contributed by atoms with Gasteiger partial charge in [-0.05, 0) is 50.8 Å². The van der Waals surface area contributed by atoms with E-state index in [1.54, 1.807) is 48.2 Å². The van der Waals surface area contributed by atoms with E-state index in [1.165, 1.54) is 0 Å². The van der Waals surface area contributed by atoms with Crippen LogP contribution in [0.2, 0.25) is 0 Å². The van der Waals surface area contributed by atoms with Crippen molar-refractivity contribution in [3.63, 3.8) is 0 Å². The number of nitrogens with one attached hydrogen (secondary N) is 2. The van der Waals surface area contributed by atoms with Gasteiger partial charge < -0.3 is 15.5 Å². The molecule has 2 aliphatic rings. The molecule has 4 rings (SSSR count). The summed E-state index contributed by atoms with van der Waals surface area (Å²) in [5, 5.41) is 5.42. The van der Waals surface area contributed by atoms with Crippen LogP contribution in [0, 0.1) is 6.92 Å². The number of likely N-dealkylation sites (tertiary alicyclic amines) is 1. The van der Waals surface area contributed by atoms with Gasteiger partial charge in [-0.15, -0.1) is 0 Å². The lowest BCUT2D eigenvalue weighted by molar-refractivity contribution is -0.133. The largest absolute Gasteiger partial charge is 0.339 e. The molecule has 33 heavy (non-hydrogen) atoms. The highest BCUT2D eigenvalue weighted by Crippen LogP contribution is 2.29. The molecule has 0 aromatic heterocycles. The molecule has 0 unspecified atom stereocenters. The summed E-state index contributed by atoms with van der Waals surface area (Å²) in [6.07, 6.45) is 3.04. The first-order chi connectivity index (χ1) is 15.8. The Morgan fingerprint density at radius 3 is 2.36 bits per heavy atom. The Kier molecular flexibility index (Phi) is 6.18. The number of rotatable bonds is 5. The van der Waals surface area contributed by atoms with Crippen LogP contribution >= 0.6 is 0 Å². The molecule has 8 heteroatoms. The van der Waals surface area contributed by atoms with E-state index in [0.717, 1.165) is 29.7 Å². The highest BCUT2D eigenvalue weighted by Gasteiger charge is 2.49. The second kappa shape index (κ2) is 9.05. The second-order valence-corrected chi connectivity index (χ2v) is 8.76. The highest BCUT2D eigenvalue weighted by atomic mass is 16.2. The highest BCUT2D eigenvalue weighted by molar-refractivity contribution is 6.11. The molecule has 0 bridgehead atoms. The molecular weight excluding hydrogens is 420 g/mol. The lowest BCUT2D eigenvalue weighted by atomic mass is 9.91. The molecular formula is C25H28N4O4. The number of aryl methyl sites for hydroxylation is 1. The van der Waals surface area contributed by atoms with Crippen molar-refractivity contribution in [1.29, 1.82) is 0 Å². The van der Waals surface area contributed by atoms with Crippen molar-refractivity contribution in [3.8, 4) is 0 Å². The van der Waals surface area contributed by atoms with Gasteiger partial charge >= 0.3 is 6.03 Å². The van der Waals surface area contributed by atoms with E-state index in [-0.39, 0.29) is 5.91 Å². The normalized spacial score (nSPS) is 20.5. The van der Waals surface area contributed by atoms with Gasteiger partial charge in [0.15, 0.2) is 0 Å². The number of anilines is 1. The zero-order chi connectivity index (χ0) is 23.6. The van der Waals surface area contributed by atoms with E-state index >= 15 is 0 Å². The Hall–Kier alpha value is -3.68. The van der Waals surface area contributed by atoms with Gasteiger partial charge in [0, 0.05) is 13.1 Å². The van der Waals surface area contributed by atoms with Crippen molar-refractivity contribution in [3.05, 3.63) is 65.2 Å². The molecule has 2 N–H and O–H groups in total. The zero-order valence-corrected chi connectivity index (χ0v) is 18.9. The average molecular weight is 449 g/mol. The third kappa shape index (κ3) is 4.46. The number of hydrogen-bond acceptors (Lipinski definition) is 4. The Bertz CT molecular complexity index is 1090. The zero-order valence-electron chi connectivity index (χ0n) is 18.9. The van der Waals surface area contributed by atoms with E-state index in [2.05, 4.69) is 10.6 Å². The maximum Gasteiger partial charge on any atom is 0.325 e. The molecule has 2 aromatic carbocycles. The van der Waals surface area contributed by atoms with Crippen molar-refractivity contribution in [2.24, 2.45) is 0 Å².